The van der Waals surface area contributed by atoms with Gasteiger partial charge in [-0.1, -0.05) is 30.3 Å². The lowest BCUT2D eigenvalue weighted by atomic mass is 9.96. The van der Waals surface area contributed by atoms with E-state index in [0.29, 0.717) is 58.8 Å². The highest BCUT2D eigenvalue weighted by Gasteiger charge is 2.30. The minimum atomic E-state index is -0.462. The number of β-amino-alcohol motifs (C(OH)–C–C–N with tert-alkyl or cyclic N) is 1. The number of carbonyl (C=O) groups is 3. The maximum atomic E-state index is 13.3. The number of benzene rings is 3. The normalized spacial score (nSPS) is 16.5. The van der Waals surface area contributed by atoms with Crippen molar-refractivity contribution in [2.24, 2.45) is 0 Å². The molecular formula is C32H34N4O5. The van der Waals surface area contributed by atoms with Gasteiger partial charge in [0.15, 0.2) is 0 Å². The predicted octanol–water partition coefficient (Wildman–Crippen LogP) is 3.85. The van der Waals surface area contributed by atoms with Gasteiger partial charge < -0.3 is 25.4 Å². The van der Waals surface area contributed by atoms with E-state index in [1.54, 1.807) is 18.2 Å². The van der Waals surface area contributed by atoms with Crippen LogP contribution in [0.25, 0.3) is 11.3 Å². The Morgan fingerprint density at radius 1 is 0.976 bits per heavy atom. The first kappa shape index (κ1) is 28.1. The van der Waals surface area contributed by atoms with Gasteiger partial charge in [-0.25, -0.2) is 4.79 Å². The van der Waals surface area contributed by atoms with Crippen LogP contribution in [-0.2, 0) is 9.53 Å². The van der Waals surface area contributed by atoms with Crippen molar-refractivity contribution >= 4 is 40.4 Å². The number of aryl methyl sites for hydroxylation is 1. The summed E-state index contributed by atoms with van der Waals surface area (Å²) in [5.74, 6) is -0.767. The van der Waals surface area contributed by atoms with Crippen molar-refractivity contribution in [3.63, 3.8) is 0 Å². The van der Waals surface area contributed by atoms with Gasteiger partial charge in [0, 0.05) is 43.0 Å². The Labute approximate surface area is 239 Å². The van der Waals surface area contributed by atoms with Gasteiger partial charge in [-0.2, -0.15) is 0 Å². The van der Waals surface area contributed by atoms with Gasteiger partial charge in [0.2, 0.25) is 0 Å². The van der Waals surface area contributed by atoms with Gasteiger partial charge in [0.25, 0.3) is 11.8 Å². The number of carbonyl (C=O) groups excluding carboxylic acids is 3. The molecule has 0 bridgehead atoms. The number of hydrogen-bond acceptors (Lipinski definition) is 7. The molecule has 3 N–H and O–H groups in total. The Hall–Kier alpha value is -4.47. The summed E-state index contributed by atoms with van der Waals surface area (Å²) in [4.78, 5) is 42.8. The van der Waals surface area contributed by atoms with E-state index in [4.69, 9.17) is 4.74 Å². The summed E-state index contributed by atoms with van der Waals surface area (Å²) in [6.45, 7) is 5.45. The smallest absolute Gasteiger partial charge is 0.338 e. The molecule has 0 atom stereocenters. The maximum Gasteiger partial charge on any atom is 0.338 e. The number of rotatable bonds is 7. The number of hydrogen-bond donors (Lipinski definition) is 3. The molecule has 0 saturated carbocycles. The van der Waals surface area contributed by atoms with Gasteiger partial charge in [0.1, 0.15) is 0 Å². The average Bonchev–Trinajstić information content (AvgIpc) is 3.14. The summed E-state index contributed by atoms with van der Waals surface area (Å²) in [6.07, 6.45) is 0.865. The van der Waals surface area contributed by atoms with E-state index < -0.39 is 5.97 Å². The highest BCUT2D eigenvalue weighted by Crippen LogP contribution is 2.39. The monoisotopic (exact) mass is 554 g/mol. The Morgan fingerprint density at radius 2 is 1.73 bits per heavy atom. The molecule has 9 nitrogen and oxygen atoms in total. The van der Waals surface area contributed by atoms with E-state index in [1.807, 2.05) is 60.4 Å². The summed E-state index contributed by atoms with van der Waals surface area (Å²) in [6, 6.07) is 20.3. The maximum absolute atomic E-state index is 13.3. The van der Waals surface area contributed by atoms with Gasteiger partial charge >= 0.3 is 5.97 Å². The fraction of sp³-hybridized carbons (Fsp3) is 0.281. The van der Waals surface area contributed by atoms with Crippen LogP contribution in [0.15, 0.2) is 66.7 Å². The molecule has 5 rings (SSSR count). The number of amides is 2. The molecule has 2 aliphatic heterocycles. The lowest BCUT2D eigenvalue weighted by molar-refractivity contribution is -0.110. The SMILES string of the molecule is COC(=O)c1cc2c(cc1C)/C(=C(/Nc1ccc(C(=O)N3CCCN(CCO)CC3)cc1)c1ccccc1)C(=O)N2. The lowest BCUT2D eigenvalue weighted by Crippen LogP contribution is -2.35. The zero-order valence-electron chi connectivity index (χ0n) is 23.3. The predicted molar refractivity (Wildman–Crippen MR) is 159 cm³/mol. The van der Waals surface area contributed by atoms with Crippen molar-refractivity contribution < 1.29 is 24.2 Å². The first-order valence-corrected chi connectivity index (χ1v) is 13.7. The first-order chi connectivity index (χ1) is 19.9. The number of fused-ring (bicyclic) bond motifs is 1. The van der Waals surface area contributed by atoms with E-state index in [2.05, 4.69) is 15.5 Å². The van der Waals surface area contributed by atoms with E-state index in [9.17, 15) is 19.5 Å². The van der Waals surface area contributed by atoms with Gasteiger partial charge in [0.05, 0.1) is 36.2 Å². The minimum Gasteiger partial charge on any atom is -0.465 e. The summed E-state index contributed by atoms with van der Waals surface area (Å²) in [5, 5.41) is 15.6. The van der Waals surface area contributed by atoms with E-state index >= 15 is 0 Å². The number of aliphatic hydroxyl groups excluding tert-OH is 1. The number of nitrogens with zero attached hydrogens (tertiary/aromatic N) is 2. The quantitative estimate of drug-likeness (QED) is 0.301. The van der Waals surface area contributed by atoms with Crippen molar-refractivity contribution in [1.29, 1.82) is 0 Å². The Balaban J connectivity index is 1.44. The fourth-order valence-corrected chi connectivity index (χ4v) is 5.35. The highest BCUT2D eigenvalue weighted by molar-refractivity contribution is 6.37. The molecule has 0 unspecified atom stereocenters. The van der Waals surface area contributed by atoms with Crippen molar-refractivity contribution in [1.82, 2.24) is 9.80 Å². The van der Waals surface area contributed by atoms with E-state index in [-0.39, 0.29) is 18.4 Å². The second-order valence-corrected chi connectivity index (χ2v) is 10.2. The molecule has 3 aromatic rings. The lowest BCUT2D eigenvalue weighted by Gasteiger charge is -2.22. The number of aliphatic hydroxyl groups is 1. The third kappa shape index (κ3) is 6.01. The minimum absolute atomic E-state index is 0.0231. The largest absolute Gasteiger partial charge is 0.465 e. The summed E-state index contributed by atoms with van der Waals surface area (Å²) < 4.78 is 4.90. The molecule has 0 aliphatic carbocycles. The second kappa shape index (κ2) is 12.4. The molecule has 1 saturated heterocycles. The molecule has 212 valence electrons. The van der Waals surface area contributed by atoms with Gasteiger partial charge in [-0.3, -0.25) is 14.5 Å². The van der Waals surface area contributed by atoms with Crippen LogP contribution < -0.4 is 10.6 Å². The molecular weight excluding hydrogens is 520 g/mol. The molecule has 2 aliphatic rings. The van der Waals surface area contributed by atoms with Crippen LogP contribution in [0.3, 0.4) is 0 Å². The molecule has 2 heterocycles. The molecule has 2 amide bonds. The molecule has 0 spiro atoms. The van der Waals surface area contributed by atoms with Crippen LogP contribution in [-0.4, -0.2) is 79.1 Å². The highest BCUT2D eigenvalue weighted by atomic mass is 16.5. The molecule has 1 fully saturated rings. The number of nitrogens with one attached hydrogen (secondary N) is 2. The van der Waals surface area contributed by atoms with Crippen LogP contribution in [0.4, 0.5) is 11.4 Å². The first-order valence-electron chi connectivity index (χ1n) is 13.7. The zero-order chi connectivity index (χ0) is 28.9. The number of methoxy groups -OCH3 is 1. The van der Waals surface area contributed by atoms with Crippen LogP contribution in [0.2, 0.25) is 0 Å². The van der Waals surface area contributed by atoms with Gasteiger partial charge in [-0.15, -0.1) is 0 Å². The van der Waals surface area contributed by atoms with Gasteiger partial charge in [-0.05, 0) is 67.4 Å². The Kier molecular flexibility index (Phi) is 8.47. The van der Waals surface area contributed by atoms with E-state index in [1.165, 1.54) is 7.11 Å². The Bertz CT molecular complexity index is 1480. The third-order valence-corrected chi connectivity index (χ3v) is 7.52. The van der Waals surface area contributed by atoms with Crippen molar-refractivity contribution in [2.45, 2.75) is 13.3 Å². The summed E-state index contributed by atoms with van der Waals surface area (Å²) in [5.41, 5.74) is 5.54. The molecule has 9 heteroatoms. The molecule has 3 aromatic carbocycles. The zero-order valence-corrected chi connectivity index (χ0v) is 23.3. The van der Waals surface area contributed by atoms with Crippen molar-refractivity contribution in [3.8, 4) is 0 Å². The van der Waals surface area contributed by atoms with Crippen LogP contribution >= 0.6 is 0 Å². The third-order valence-electron chi connectivity index (χ3n) is 7.52. The van der Waals surface area contributed by atoms with E-state index in [0.717, 1.165) is 30.8 Å². The molecule has 41 heavy (non-hydrogen) atoms. The molecule has 0 radical (unpaired) electrons. The number of anilines is 2. The van der Waals surface area contributed by atoms with Crippen LogP contribution in [0.1, 0.15) is 43.8 Å². The van der Waals surface area contributed by atoms with Crippen molar-refractivity contribution in [2.75, 3.05) is 57.1 Å². The molecule has 0 aromatic heterocycles. The van der Waals surface area contributed by atoms with Crippen LogP contribution in [0.5, 0.6) is 0 Å². The van der Waals surface area contributed by atoms with Crippen molar-refractivity contribution in [3.05, 3.63) is 94.5 Å². The topological polar surface area (TPSA) is 111 Å². The van der Waals surface area contributed by atoms with Crippen LogP contribution in [0, 0.1) is 6.92 Å². The summed E-state index contributed by atoms with van der Waals surface area (Å²) in [7, 11) is 1.33. The second-order valence-electron chi connectivity index (χ2n) is 10.2. The average molecular weight is 555 g/mol. The number of esters is 1. The fourth-order valence-electron chi connectivity index (χ4n) is 5.35. The Morgan fingerprint density at radius 3 is 2.44 bits per heavy atom. The standard InChI is InChI=1S/C32H34N4O5/c1-21-19-26-27(20-25(21)32(40)41-2)34-30(38)28(26)29(22-7-4-3-5-8-22)33-24-11-9-23(10-12-24)31(39)36-14-6-13-35(15-16-36)17-18-37/h3-5,7-12,19-20,33,37H,6,13-18H2,1-2H3,(H,34,38)/b29-28-. The summed E-state index contributed by atoms with van der Waals surface area (Å²) >= 11 is 0. The number of ether oxygens (including phenoxy) is 1.